The van der Waals surface area contributed by atoms with Crippen molar-refractivity contribution in [3.63, 3.8) is 0 Å². The quantitative estimate of drug-likeness (QED) is 0.805. The first kappa shape index (κ1) is 12.4. The summed E-state index contributed by atoms with van der Waals surface area (Å²) in [6.45, 7) is 2.05. The summed E-state index contributed by atoms with van der Waals surface area (Å²) in [6.07, 6.45) is -2.94. The van der Waals surface area contributed by atoms with Gasteiger partial charge in [0, 0.05) is 38.4 Å². The molecule has 4 nitrogen and oxygen atoms in total. The van der Waals surface area contributed by atoms with Crippen LogP contribution in [0.2, 0.25) is 0 Å². The van der Waals surface area contributed by atoms with Gasteiger partial charge in [0.25, 0.3) is 0 Å². The predicted molar refractivity (Wildman–Crippen MR) is 56.5 cm³/mol. The Hall–Kier alpha value is -1.08. The number of aromatic nitrogens is 2. The average molecular weight is 248 g/mol. The number of hydrogen-bond acceptors (Lipinski definition) is 3. The smallest absolute Gasteiger partial charge is 0.314 e. The van der Waals surface area contributed by atoms with E-state index in [1.54, 1.807) is 0 Å². The van der Waals surface area contributed by atoms with Gasteiger partial charge in [0.15, 0.2) is 5.69 Å². The van der Waals surface area contributed by atoms with Crippen LogP contribution in [0.1, 0.15) is 17.3 Å². The second-order valence-electron chi connectivity index (χ2n) is 4.31. The first-order valence-corrected chi connectivity index (χ1v) is 5.41. The van der Waals surface area contributed by atoms with E-state index in [1.165, 1.54) is 17.9 Å². The molecule has 0 aliphatic carbocycles. The fourth-order valence-electron chi connectivity index (χ4n) is 2.12. The Kier molecular flexibility index (Phi) is 3.13. The molecule has 0 aromatic carbocycles. The van der Waals surface area contributed by atoms with Crippen LogP contribution in [0.5, 0.6) is 0 Å². The third-order valence-corrected chi connectivity index (χ3v) is 3.00. The molecule has 96 valence electrons. The van der Waals surface area contributed by atoms with Crippen molar-refractivity contribution in [2.24, 2.45) is 7.05 Å². The summed E-state index contributed by atoms with van der Waals surface area (Å²) in [4.78, 5) is 1.92. The van der Waals surface area contributed by atoms with Crippen molar-refractivity contribution in [1.29, 1.82) is 0 Å². The zero-order valence-electron chi connectivity index (χ0n) is 9.75. The summed E-state index contributed by atoms with van der Waals surface area (Å²) in [5.74, 6) is 0. The number of rotatable bonds is 1. The standard InChI is InChI=1S/C10H15F3N4/c1-16-4-3-14-5-8(16)7-6-17(2)15-9(7)10(11,12)13/h6,8,14H,3-5H2,1-2H3. The van der Waals surface area contributed by atoms with Crippen LogP contribution in [-0.2, 0) is 13.2 Å². The van der Waals surface area contributed by atoms with Crippen LogP contribution in [0.3, 0.4) is 0 Å². The lowest BCUT2D eigenvalue weighted by Crippen LogP contribution is -2.44. The molecular weight excluding hydrogens is 233 g/mol. The van der Waals surface area contributed by atoms with Gasteiger partial charge in [-0.15, -0.1) is 0 Å². The third kappa shape index (κ3) is 2.44. The molecule has 0 amide bonds. The lowest BCUT2D eigenvalue weighted by molar-refractivity contribution is -0.142. The zero-order chi connectivity index (χ0) is 12.6. The number of nitrogens with zero attached hydrogens (tertiary/aromatic N) is 3. The lowest BCUT2D eigenvalue weighted by Gasteiger charge is -2.33. The van der Waals surface area contributed by atoms with E-state index in [2.05, 4.69) is 10.4 Å². The number of alkyl halides is 3. The van der Waals surface area contributed by atoms with Crippen molar-refractivity contribution in [1.82, 2.24) is 20.0 Å². The van der Waals surface area contributed by atoms with Crippen LogP contribution in [0.25, 0.3) is 0 Å². The largest absolute Gasteiger partial charge is 0.435 e. The Bertz CT molecular complexity index is 399. The number of nitrogens with one attached hydrogen (secondary N) is 1. The molecule has 1 aliphatic rings. The maximum Gasteiger partial charge on any atom is 0.435 e. The van der Waals surface area contributed by atoms with Gasteiger partial charge in [0.2, 0.25) is 0 Å². The van der Waals surface area contributed by atoms with Crippen molar-refractivity contribution >= 4 is 0 Å². The van der Waals surface area contributed by atoms with Crippen LogP contribution in [0.4, 0.5) is 13.2 Å². The molecular formula is C10H15F3N4. The molecule has 1 aromatic heterocycles. The molecule has 17 heavy (non-hydrogen) atoms. The fourth-order valence-corrected chi connectivity index (χ4v) is 2.12. The maximum absolute atomic E-state index is 12.8. The molecule has 0 saturated carbocycles. The average Bonchev–Trinajstić information content (AvgIpc) is 2.60. The van der Waals surface area contributed by atoms with Crippen molar-refractivity contribution in [3.8, 4) is 0 Å². The monoisotopic (exact) mass is 248 g/mol. The first-order chi connectivity index (χ1) is 7.89. The van der Waals surface area contributed by atoms with E-state index in [9.17, 15) is 13.2 Å². The molecule has 2 rings (SSSR count). The predicted octanol–water partition coefficient (Wildman–Crippen LogP) is 1.01. The highest BCUT2D eigenvalue weighted by molar-refractivity contribution is 5.25. The van der Waals surface area contributed by atoms with Gasteiger partial charge in [-0.1, -0.05) is 0 Å². The van der Waals surface area contributed by atoms with E-state index >= 15 is 0 Å². The summed E-state index contributed by atoms with van der Waals surface area (Å²) < 4.78 is 39.7. The molecule has 1 aliphatic heterocycles. The Morgan fingerprint density at radius 3 is 2.71 bits per heavy atom. The van der Waals surface area contributed by atoms with Gasteiger partial charge in [-0.3, -0.25) is 9.58 Å². The highest BCUT2D eigenvalue weighted by Crippen LogP contribution is 2.35. The molecule has 1 fully saturated rings. The van der Waals surface area contributed by atoms with Crippen molar-refractivity contribution in [3.05, 3.63) is 17.5 Å². The minimum absolute atomic E-state index is 0.245. The van der Waals surface area contributed by atoms with Gasteiger partial charge in [0.05, 0.1) is 6.04 Å². The Morgan fingerprint density at radius 2 is 2.12 bits per heavy atom. The first-order valence-electron chi connectivity index (χ1n) is 5.41. The van der Waals surface area contributed by atoms with Gasteiger partial charge >= 0.3 is 6.18 Å². The Morgan fingerprint density at radius 1 is 1.41 bits per heavy atom. The highest BCUT2D eigenvalue weighted by Gasteiger charge is 2.40. The summed E-state index contributed by atoms with van der Waals surface area (Å²) >= 11 is 0. The van der Waals surface area contributed by atoms with E-state index in [0.29, 0.717) is 6.54 Å². The molecule has 1 saturated heterocycles. The van der Waals surface area contributed by atoms with Crippen LogP contribution < -0.4 is 5.32 Å². The van der Waals surface area contributed by atoms with Crippen molar-refractivity contribution < 1.29 is 13.2 Å². The van der Waals surface area contributed by atoms with E-state index in [4.69, 9.17) is 0 Å². The van der Waals surface area contributed by atoms with Gasteiger partial charge in [0.1, 0.15) is 0 Å². The van der Waals surface area contributed by atoms with Gasteiger partial charge < -0.3 is 5.32 Å². The SMILES string of the molecule is CN1CCNCC1c1cn(C)nc1C(F)(F)F. The minimum Gasteiger partial charge on any atom is -0.314 e. The van der Waals surface area contributed by atoms with Crippen LogP contribution >= 0.6 is 0 Å². The molecule has 1 unspecified atom stereocenters. The van der Waals surface area contributed by atoms with Gasteiger partial charge in [-0.25, -0.2) is 0 Å². The summed E-state index contributed by atoms with van der Waals surface area (Å²) in [7, 11) is 3.34. The molecule has 7 heteroatoms. The third-order valence-electron chi connectivity index (χ3n) is 3.00. The van der Waals surface area contributed by atoms with E-state index in [1.807, 2.05) is 11.9 Å². The maximum atomic E-state index is 12.8. The summed E-state index contributed by atoms with van der Waals surface area (Å²) in [5, 5.41) is 6.63. The summed E-state index contributed by atoms with van der Waals surface area (Å²) in [6, 6.07) is -0.269. The van der Waals surface area contributed by atoms with Gasteiger partial charge in [-0.05, 0) is 7.05 Å². The second-order valence-corrected chi connectivity index (χ2v) is 4.31. The molecule has 0 spiro atoms. The number of piperazine rings is 1. The Labute approximate surface area is 97.4 Å². The molecule has 2 heterocycles. The van der Waals surface area contributed by atoms with E-state index in [-0.39, 0.29) is 11.6 Å². The van der Waals surface area contributed by atoms with Crippen LogP contribution in [-0.4, -0.2) is 41.4 Å². The highest BCUT2D eigenvalue weighted by atomic mass is 19.4. The number of aryl methyl sites for hydroxylation is 1. The minimum atomic E-state index is -4.39. The molecule has 1 atom stereocenters. The number of likely N-dealkylation sites (N-methyl/N-ethyl adjacent to an activating group) is 1. The van der Waals surface area contributed by atoms with Crippen LogP contribution in [0.15, 0.2) is 6.20 Å². The second kappa shape index (κ2) is 4.30. The lowest BCUT2D eigenvalue weighted by atomic mass is 10.0. The fraction of sp³-hybridized carbons (Fsp3) is 0.700. The Balaban J connectivity index is 2.37. The molecule has 1 aromatic rings. The van der Waals surface area contributed by atoms with Crippen molar-refractivity contribution in [2.75, 3.05) is 26.7 Å². The van der Waals surface area contributed by atoms with Gasteiger partial charge in [-0.2, -0.15) is 18.3 Å². The van der Waals surface area contributed by atoms with Crippen molar-refractivity contribution in [2.45, 2.75) is 12.2 Å². The normalized spacial score (nSPS) is 23.0. The zero-order valence-corrected chi connectivity index (χ0v) is 9.75. The number of hydrogen-bond donors (Lipinski definition) is 1. The molecule has 1 N–H and O–H groups in total. The van der Waals surface area contributed by atoms with E-state index < -0.39 is 11.9 Å². The van der Waals surface area contributed by atoms with E-state index in [0.717, 1.165) is 13.1 Å². The molecule has 0 radical (unpaired) electrons. The number of halogens is 3. The molecule has 0 bridgehead atoms. The van der Waals surface area contributed by atoms with Crippen LogP contribution in [0, 0.1) is 0 Å². The summed E-state index contributed by atoms with van der Waals surface area (Å²) in [5.41, 5.74) is -0.532. The topological polar surface area (TPSA) is 33.1 Å².